The lowest BCUT2D eigenvalue weighted by Gasteiger charge is -2.37. The molecule has 9 heteroatoms. The third kappa shape index (κ3) is 2.78. The van der Waals surface area contributed by atoms with Gasteiger partial charge in [-0.25, -0.2) is 13.8 Å². The average Bonchev–Trinajstić information content (AvgIpc) is 3.29. The maximum atomic E-state index is 14.6. The number of pyridine rings is 1. The van der Waals surface area contributed by atoms with Crippen LogP contribution in [0.1, 0.15) is 18.4 Å². The molecule has 1 aliphatic carbocycles. The van der Waals surface area contributed by atoms with Gasteiger partial charge in [-0.1, -0.05) is 12.2 Å². The topological polar surface area (TPSA) is 89.1 Å². The number of halogens is 2. The number of hydrogen-bond donors (Lipinski definition) is 4. The molecule has 2 aliphatic heterocycles. The summed E-state index contributed by atoms with van der Waals surface area (Å²) in [6.45, 7) is 2.21. The number of H-pyrrole nitrogens is 1. The van der Waals surface area contributed by atoms with Crippen molar-refractivity contribution >= 4 is 17.7 Å². The molecule has 3 aliphatic rings. The standard InChI is InChI=1S/C18H20F2N6O/c19-11-8-12(20)17(26-7-6-21-13(9-26)18(27)3-4-18)23-15(11)14-10-2-1-5-22-16(10)25-24-14/h1-2,8,13,21,27H,3-7,9H2,(H2,22,24,25). The van der Waals surface area contributed by atoms with Gasteiger partial charge < -0.3 is 20.6 Å². The third-order valence-corrected chi connectivity index (χ3v) is 5.51. The molecule has 1 unspecified atom stereocenters. The van der Waals surface area contributed by atoms with Crippen molar-refractivity contribution in [2.24, 2.45) is 0 Å². The summed E-state index contributed by atoms with van der Waals surface area (Å²) in [7, 11) is 0. The number of nitrogens with one attached hydrogen (secondary N) is 3. The van der Waals surface area contributed by atoms with E-state index < -0.39 is 17.2 Å². The predicted molar refractivity (Wildman–Crippen MR) is 97.4 cm³/mol. The van der Waals surface area contributed by atoms with Crippen molar-refractivity contribution in [3.63, 3.8) is 0 Å². The molecule has 0 amide bonds. The lowest BCUT2D eigenvalue weighted by atomic mass is 10.1. The molecule has 2 aromatic rings. The molecule has 0 radical (unpaired) electrons. The van der Waals surface area contributed by atoms with Crippen LogP contribution < -0.4 is 15.5 Å². The number of aliphatic hydroxyl groups is 1. The Kier molecular flexibility index (Phi) is 3.70. The van der Waals surface area contributed by atoms with E-state index in [1.807, 2.05) is 12.2 Å². The monoisotopic (exact) mass is 374 g/mol. The first-order valence-corrected chi connectivity index (χ1v) is 9.11. The average molecular weight is 374 g/mol. The van der Waals surface area contributed by atoms with Crippen molar-refractivity contribution in [3.05, 3.63) is 29.3 Å². The van der Waals surface area contributed by atoms with Crippen LogP contribution in [0.25, 0.3) is 17.5 Å². The Morgan fingerprint density at radius 2 is 2.11 bits per heavy atom. The van der Waals surface area contributed by atoms with Crippen molar-refractivity contribution in [2.45, 2.75) is 24.5 Å². The Morgan fingerprint density at radius 3 is 2.93 bits per heavy atom. The molecule has 4 N–H and O–H groups in total. The lowest BCUT2D eigenvalue weighted by molar-refractivity contribution is 0.0994. The Labute approximate surface area is 154 Å². The maximum Gasteiger partial charge on any atom is 0.168 e. The van der Waals surface area contributed by atoms with Crippen molar-refractivity contribution in [1.82, 2.24) is 20.5 Å². The summed E-state index contributed by atoms with van der Waals surface area (Å²) in [4.78, 5) is 6.09. The summed E-state index contributed by atoms with van der Waals surface area (Å²) in [6.07, 6.45) is 5.23. The number of nitrogens with zero attached hydrogens (tertiary/aromatic N) is 3. The molecule has 27 heavy (non-hydrogen) atoms. The van der Waals surface area contributed by atoms with Crippen LogP contribution in [0, 0.1) is 11.6 Å². The van der Waals surface area contributed by atoms with E-state index in [0.29, 0.717) is 43.3 Å². The van der Waals surface area contributed by atoms with E-state index in [9.17, 15) is 13.9 Å². The molecule has 2 aromatic heterocycles. The van der Waals surface area contributed by atoms with E-state index in [1.54, 1.807) is 4.90 Å². The van der Waals surface area contributed by atoms with Gasteiger partial charge in [-0.05, 0) is 12.8 Å². The second-order valence-corrected chi connectivity index (χ2v) is 7.32. The van der Waals surface area contributed by atoms with Crippen molar-refractivity contribution < 1.29 is 13.9 Å². The molecule has 0 bridgehead atoms. The molecule has 7 nitrogen and oxygen atoms in total. The lowest BCUT2D eigenvalue weighted by Crippen LogP contribution is -2.57. The summed E-state index contributed by atoms with van der Waals surface area (Å²) in [6, 6.07) is 0.723. The maximum absolute atomic E-state index is 14.6. The van der Waals surface area contributed by atoms with Crippen LogP contribution in [0.4, 0.5) is 20.4 Å². The number of aromatic nitrogens is 3. The van der Waals surface area contributed by atoms with Gasteiger partial charge in [0.05, 0.1) is 17.3 Å². The molecule has 0 spiro atoms. The van der Waals surface area contributed by atoms with Crippen molar-refractivity contribution in [3.8, 4) is 11.4 Å². The molecular weight excluding hydrogens is 354 g/mol. The fourth-order valence-electron chi connectivity index (χ4n) is 3.79. The normalized spacial score (nSPS) is 23.1. The van der Waals surface area contributed by atoms with Gasteiger partial charge in [-0.15, -0.1) is 0 Å². The minimum absolute atomic E-state index is 0.0358. The molecule has 0 aromatic carbocycles. The summed E-state index contributed by atoms with van der Waals surface area (Å²) in [5.41, 5.74) is 0.431. The van der Waals surface area contributed by atoms with Gasteiger partial charge in [0.2, 0.25) is 0 Å². The van der Waals surface area contributed by atoms with E-state index in [2.05, 4.69) is 25.8 Å². The smallest absolute Gasteiger partial charge is 0.168 e. The Bertz CT molecular complexity index is 923. The molecule has 5 rings (SSSR count). The van der Waals surface area contributed by atoms with Gasteiger partial charge in [0.1, 0.15) is 5.69 Å². The van der Waals surface area contributed by atoms with E-state index in [4.69, 9.17) is 0 Å². The van der Waals surface area contributed by atoms with E-state index in [1.165, 1.54) is 0 Å². The van der Waals surface area contributed by atoms with Crippen LogP contribution in [0.2, 0.25) is 0 Å². The van der Waals surface area contributed by atoms with Gasteiger partial charge in [0, 0.05) is 37.8 Å². The third-order valence-electron chi connectivity index (χ3n) is 5.51. The number of anilines is 2. The molecular formula is C18H20F2N6O. The minimum Gasteiger partial charge on any atom is -0.388 e. The zero-order valence-electron chi connectivity index (χ0n) is 14.6. The predicted octanol–water partition coefficient (Wildman–Crippen LogP) is 1.49. The number of aromatic amines is 1. The van der Waals surface area contributed by atoms with Crippen LogP contribution in [0.15, 0.2) is 12.1 Å². The quantitative estimate of drug-likeness (QED) is 0.651. The van der Waals surface area contributed by atoms with Gasteiger partial charge in [0.15, 0.2) is 23.3 Å². The van der Waals surface area contributed by atoms with Gasteiger partial charge in [-0.2, -0.15) is 5.10 Å². The zero-order valence-corrected chi connectivity index (χ0v) is 14.6. The second kappa shape index (κ2) is 6.00. The largest absolute Gasteiger partial charge is 0.388 e. The fourth-order valence-corrected chi connectivity index (χ4v) is 3.79. The molecule has 1 saturated heterocycles. The summed E-state index contributed by atoms with van der Waals surface area (Å²) >= 11 is 0. The zero-order chi connectivity index (χ0) is 18.6. The summed E-state index contributed by atoms with van der Waals surface area (Å²) < 4.78 is 29.1. The van der Waals surface area contributed by atoms with Gasteiger partial charge in [-0.3, -0.25) is 5.10 Å². The first-order chi connectivity index (χ1) is 13.0. The van der Waals surface area contributed by atoms with Crippen LogP contribution in [-0.2, 0) is 0 Å². The number of fused-ring (bicyclic) bond motifs is 1. The highest BCUT2D eigenvalue weighted by Gasteiger charge is 2.49. The Morgan fingerprint density at radius 1 is 1.26 bits per heavy atom. The molecule has 1 atom stereocenters. The van der Waals surface area contributed by atoms with Crippen molar-refractivity contribution in [1.29, 1.82) is 0 Å². The van der Waals surface area contributed by atoms with E-state index in [-0.39, 0.29) is 17.6 Å². The second-order valence-electron chi connectivity index (χ2n) is 7.32. The fraction of sp³-hybridized carbons (Fsp3) is 0.444. The van der Waals surface area contributed by atoms with Gasteiger partial charge in [0.25, 0.3) is 0 Å². The van der Waals surface area contributed by atoms with E-state index in [0.717, 1.165) is 18.9 Å². The molecule has 142 valence electrons. The van der Waals surface area contributed by atoms with E-state index >= 15 is 0 Å². The van der Waals surface area contributed by atoms with Crippen LogP contribution in [-0.4, -0.2) is 58.1 Å². The summed E-state index contributed by atoms with van der Waals surface area (Å²) in [5, 5.41) is 23.7. The first kappa shape index (κ1) is 16.6. The number of hydrogen-bond acceptors (Lipinski definition) is 6. The first-order valence-electron chi connectivity index (χ1n) is 9.11. The van der Waals surface area contributed by atoms with Crippen LogP contribution in [0.5, 0.6) is 0 Å². The number of rotatable bonds is 3. The SMILES string of the molecule is OC1(C2CN(c3nc(-c4[nH]nc5c4C=CCN5)c(F)cc3F)CCN2)CC1. The van der Waals surface area contributed by atoms with Crippen molar-refractivity contribution in [2.75, 3.05) is 36.4 Å². The Hall–Kier alpha value is -2.52. The van der Waals surface area contributed by atoms with Crippen LogP contribution >= 0.6 is 0 Å². The summed E-state index contributed by atoms with van der Waals surface area (Å²) in [5.74, 6) is -0.730. The minimum atomic E-state index is -0.742. The highest BCUT2D eigenvalue weighted by molar-refractivity contribution is 5.80. The van der Waals surface area contributed by atoms with Gasteiger partial charge >= 0.3 is 0 Å². The highest BCUT2D eigenvalue weighted by atomic mass is 19.1. The highest BCUT2D eigenvalue weighted by Crippen LogP contribution is 2.40. The molecule has 2 fully saturated rings. The molecule has 1 saturated carbocycles. The molecule has 4 heterocycles. The Balaban J connectivity index is 1.52. The van der Waals surface area contributed by atoms with Crippen LogP contribution in [0.3, 0.4) is 0 Å². The number of piperazine rings is 1.